The predicted molar refractivity (Wildman–Crippen MR) is 95.3 cm³/mol. The zero-order valence-electron chi connectivity index (χ0n) is 16.2. The van der Waals surface area contributed by atoms with E-state index in [1.165, 1.54) is 44.9 Å². The molecule has 1 atom stereocenters. The molecule has 1 N–H and O–H groups in total. The van der Waals surface area contributed by atoms with Gasteiger partial charge in [-0.2, -0.15) is 0 Å². The van der Waals surface area contributed by atoms with Gasteiger partial charge in [-0.15, -0.1) is 0 Å². The second-order valence-electron chi connectivity index (χ2n) is 6.79. The van der Waals surface area contributed by atoms with Crippen LogP contribution in [0.1, 0.15) is 110 Å². The molecule has 0 rings (SSSR count). The maximum atomic E-state index is 11.3. The Labute approximate surface area is 172 Å². The van der Waals surface area contributed by atoms with Gasteiger partial charge < -0.3 is 9.66 Å². The van der Waals surface area contributed by atoms with Crippen molar-refractivity contribution in [2.24, 2.45) is 0 Å². The van der Waals surface area contributed by atoms with Crippen LogP contribution in [0.25, 0.3) is 0 Å². The third-order valence-corrected chi connectivity index (χ3v) is 5.90. The summed E-state index contributed by atoms with van der Waals surface area (Å²) in [4.78, 5) is -2.05. The van der Waals surface area contributed by atoms with Gasteiger partial charge in [-0.05, 0) is 25.7 Å². The molecule has 0 bridgehead atoms. The van der Waals surface area contributed by atoms with Crippen LogP contribution >= 0.6 is 0 Å². The van der Waals surface area contributed by atoms with Crippen molar-refractivity contribution in [3.05, 3.63) is 0 Å². The molecular formula is C18H37NaO4S. The molecule has 0 aromatic rings. The smallest absolute Gasteiger partial charge is 0.746 e. The molecular weight excluding hydrogens is 335 g/mol. The molecule has 0 fully saturated rings. The van der Waals surface area contributed by atoms with Crippen molar-refractivity contribution >= 4 is 10.1 Å². The number of unbranched alkanes of at least 4 members (excludes halogenated alkanes) is 11. The molecule has 0 saturated heterocycles. The number of aliphatic hydroxyl groups is 1. The zero-order valence-corrected chi connectivity index (χ0v) is 19.0. The Kier molecular flexibility index (Phi) is 18.1. The van der Waals surface area contributed by atoms with Crippen molar-refractivity contribution < 1.29 is 47.6 Å². The van der Waals surface area contributed by atoms with Gasteiger partial charge in [-0.3, -0.25) is 0 Å². The summed E-state index contributed by atoms with van der Waals surface area (Å²) < 4.78 is 33.8. The minimum Gasteiger partial charge on any atom is -0.746 e. The van der Waals surface area contributed by atoms with Crippen LogP contribution in [0, 0.1) is 0 Å². The summed E-state index contributed by atoms with van der Waals surface area (Å²) in [5.41, 5.74) is 0. The van der Waals surface area contributed by atoms with E-state index in [9.17, 15) is 18.1 Å². The summed E-state index contributed by atoms with van der Waals surface area (Å²) in [6.45, 7) is 4.14. The molecule has 6 heteroatoms. The summed E-state index contributed by atoms with van der Waals surface area (Å²) in [6, 6.07) is 0. The van der Waals surface area contributed by atoms with Crippen molar-refractivity contribution in [1.82, 2.24) is 0 Å². The minimum atomic E-state index is -4.64. The second kappa shape index (κ2) is 16.1. The van der Waals surface area contributed by atoms with Crippen LogP contribution in [0.5, 0.6) is 0 Å². The molecule has 0 aliphatic carbocycles. The molecule has 0 aliphatic heterocycles. The fourth-order valence-corrected chi connectivity index (χ4v) is 3.68. The van der Waals surface area contributed by atoms with Crippen LogP contribution < -0.4 is 29.6 Å². The normalized spacial score (nSPS) is 14.2. The molecule has 0 radical (unpaired) electrons. The van der Waals surface area contributed by atoms with Crippen LogP contribution in [0.4, 0.5) is 0 Å². The van der Waals surface area contributed by atoms with Crippen LogP contribution in [-0.2, 0) is 10.1 Å². The van der Waals surface area contributed by atoms with E-state index >= 15 is 0 Å². The van der Waals surface area contributed by atoms with Crippen molar-refractivity contribution in [1.29, 1.82) is 0 Å². The molecule has 0 aromatic heterocycles. The quantitative estimate of drug-likeness (QED) is 0.256. The van der Waals surface area contributed by atoms with Gasteiger partial charge in [0.15, 0.2) is 4.93 Å². The first-order valence-corrected chi connectivity index (χ1v) is 11.0. The van der Waals surface area contributed by atoms with Crippen LogP contribution in [-0.4, -0.2) is 23.0 Å². The van der Waals surface area contributed by atoms with Crippen molar-refractivity contribution in [2.45, 2.75) is 115 Å². The molecule has 4 nitrogen and oxygen atoms in total. The van der Waals surface area contributed by atoms with E-state index in [0.717, 1.165) is 25.7 Å². The van der Waals surface area contributed by atoms with Crippen molar-refractivity contribution in [3.8, 4) is 0 Å². The van der Waals surface area contributed by atoms with Crippen molar-refractivity contribution in [3.63, 3.8) is 0 Å². The molecule has 0 aromatic carbocycles. The summed E-state index contributed by atoms with van der Waals surface area (Å²) in [5, 5.41) is 10.1. The van der Waals surface area contributed by atoms with Crippen LogP contribution in [0.15, 0.2) is 0 Å². The molecule has 140 valence electrons. The summed E-state index contributed by atoms with van der Waals surface area (Å²) >= 11 is 0. The Bertz CT molecular complexity index is 373. The Hall–Kier alpha value is 0.870. The first-order valence-electron chi connectivity index (χ1n) is 9.55. The third kappa shape index (κ3) is 13.1. The number of rotatable bonds is 16. The van der Waals surface area contributed by atoms with E-state index in [1.54, 1.807) is 0 Å². The average Bonchev–Trinajstić information content (AvgIpc) is 2.49. The zero-order chi connectivity index (χ0) is 17.6. The first kappa shape index (κ1) is 27.1. The predicted octanol–water partition coefficient (Wildman–Crippen LogP) is 2.12. The molecule has 0 saturated carbocycles. The fourth-order valence-electron chi connectivity index (χ4n) is 2.89. The van der Waals surface area contributed by atoms with E-state index in [1.807, 2.05) is 6.92 Å². The first-order chi connectivity index (χ1) is 10.9. The Morgan fingerprint density at radius 1 is 0.708 bits per heavy atom. The van der Waals surface area contributed by atoms with Gasteiger partial charge >= 0.3 is 29.6 Å². The maximum Gasteiger partial charge on any atom is 1.00 e. The van der Waals surface area contributed by atoms with E-state index in [4.69, 9.17) is 0 Å². The largest absolute Gasteiger partial charge is 1.00 e. The van der Waals surface area contributed by atoms with Gasteiger partial charge in [0, 0.05) is 0 Å². The van der Waals surface area contributed by atoms with Gasteiger partial charge in [0.05, 0.1) is 0 Å². The summed E-state index contributed by atoms with van der Waals surface area (Å²) in [7, 11) is -4.64. The van der Waals surface area contributed by atoms with Gasteiger partial charge in [-0.1, -0.05) is 84.5 Å². The van der Waals surface area contributed by atoms with Gasteiger partial charge in [0.2, 0.25) is 0 Å². The maximum absolute atomic E-state index is 11.3. The van der Waals surface area contributed by atoms with Gasteiger partial charge in [0.25, 0.3) is 0 Å². The molecule has 24 heavy (non-hydrogen) atoms. The Morgan fingerprint density at radius 3 is 1.42 bits per heavy atom. The van der Waals surface area contributed by atoms with Gasteiger partial charge in [0.1, 0.15) is 10.1 Å². The molecule has 0 aliphatic rings. The van der Waals surface area contributed by atoms with Crippen molar-refractivity contribution in [2.75, 3.05) is 0 Å². The molecule has 0 heterocycles. The average molecular weight is 373 g/mol. The number of hydrogen-bond donors (Lipinski definition) is 1. The fraction of sp³-hybridized carbons (Fsp3) is 1.00. The summed E-state index contributed by atoms with van der Waals surface area (Å²) in [5.74, 6) is 0. The Morgan fingerprint density at radius 2 is 1.04 bits per heavy atom. The number of hydrogen-bond acceptors (Lipinski definition) is 4. The summed E-state index contributed by atoms with van der Waals surface area (Å²) in [6.07, 6.45) is 14.3. The molecule has 0 spiro atoms. The molecule has 1 unspecified atom stereocenters. The van der Waals surface area contributed by atoms with Crippen LogP contribution in [0.2, 0.25) is 0 Å². The third-order valence-electron chi connectivity index (χ3n) is 4.56. The van der Waals surface area contributed by atoms with Gasteiger partial charge in [-0.25, -0.2) is 8.42 Å². The van der Waals surface area contributed by atoms with E-state index < -0.39 is 15.1 Å². The van der Waals surface area contributed by atoms with E-state index in [2.05, 4.69) is 6.92 Å². The SMILES string of the molecule is CCCCCCCCCCCCCC(O)(CCCC)S(=O)(=O)[O-].[Na+]. The second-order valence-corrected chi connectivity index (χ2v) is 8.46. The standard InChI is InChI=1S/C18H38O4S.Na/c1-3-5-7-8-9-10-11-12-13-14-15-17-18(19,16-6-4-2)23(20,21)22;/h19H,3-17H2,1-2H3,(H,20,21,22);/q;+1/p-1. The van der Waals surface area contributed by atoms with E-state index in [-0.39, 0.29) is 42.4 Å². The minimum absolute atomic E-state index is 0. The van der Waals surface area contributed by atoms with Crippen LogP contribution in [0.3, 0.4) is 0 Å². The monoisotopic (exact) mass is 372 g/mol. The Balaban J connectivity index is 0. The molecule has 0 amide bonds. The van der Waals surface area contributed by atoms with E-state index in [0.29, 0.717) is 12.8 Å². The topological polar surface area (TPSA) is 77.4 Å².